The van der Waals surface area contributed by atoms with E-state index in [2.05, 4.69) is 5.10 Å². The first-order valence-corrected chi connectivity index (χ1v) is 4.77. The molecule has 94 valence electrons. The minimum absolute atomic E-state index is 0. The van der Waals surface area contributed by atoms with Gasteiger partial charge in [-0.1, -0.05) is 0 Å². The van der Waals surface area contributed by atoms with Crippen LogP contribution in [0.4, 0.5) is 8.78 Å². The molecule has 0 aromatic carbocycles. The number of likely N-dealkylation sites (N-methyl/N-ethyl adjacent to an activating group) is 1. The lowest BCUT2D eigenvalue weighted by atomic mass is 10.3. The lowest BCUT2D eigenvalue weighted by Gasteiger charge is -2.21. The minimum Gasteiger partial charge on any atom is -0.329 e. The molecule has 7 heteroatoms. The standard InChI is InChI=1S/C9H16F2N4.ClH/c1-7(5-12)14(2)6-8-3-4-15(13-8)9(10)11;/h3-4,7,9H,5-6,12H2,1-2H3;1H. The molecule has 0 fully saturated rings. The first kappa shape index (κ1) is 15.3. The van der Waals surface area contributed by atoms with Crippen LogP contribution in [0.3, 0.4) is 0 Å². The molecule has 0 amide bonds. The predicted molar refractivity (Wildman–Crippen MR) is 60.7 cm³/mol. The van der Waals surface area contributed by atoms with E-state index in [9.17, 15) is 8.78 Å². The Kier molecular flexibility index (Phi) is 6.47. The Labute approximate surface area is 99.8 Å². The van der Waals surface area contributed by atoms with Crippen molar-refractivity contribution < 1.29 is 8.78 Å². The van der Waals surface area contributed by atoms with Gasteiger partial charge in [0, 0.05) is 25.3 Å². The van der Waals surface area contributed by atoms with Crippen molar-refractivity contribution in [2.75, 3.05) is 13.6 Å². The highest BCUT2D eigenvalue weighted by atomic mass is 35.5. The average Bonchev–Trinajstić information content (AvgIpc) is 2.65. The monoisotopic (exact) mass is 254 g/mol. The fourth-order valence-electron chi connectivity index (χ4n) is 1.16. The van der Waals surface area contributed by atoms with Crippen LogP contribution in [0, 0.1) is 0 Å². The second kappa shape index (κ2) is 6.78. The zero-order valence-electron chi connectivity index (χ0n) is 9.31. The summed E-state index contributed by atoms with van der Waals surface area (Å²) < 4.78 is 25.1. The number of aromatic nitrogens is 2. The minimum atomic E-state index is -2.57. The van der Waals surface area contributed by atoms with Crippen molar-refractivity contribution in [2.24, 2.45) is 5.73 Å². The second-order valence-corrected chi connectivity index (χ2v) is 3.56. The van der Waals surface area contributed by atoms with Crippen molar-refractivity contribution in [2.45, 2.75) is 26.1 Å². The third-order valence-corrected chi connectivity index (χ3v) is 2.37. The summed E-state index contributed by atoms with van der Waals surface area (Å²) in [4.78, 5) is 1.97. The largest absolute Gasteiger partial charge is 0.333 e. The summed E-state index contributed by atoms with van der Waals surface area (Å²) in [7, 11) is 1.89. The molecule has 0 spiro atoms. The number of hydrogen-bond acceptors (Lipinski definition) is 3. The molecule has 16 heavy (non-hydrogen) atoms. The maximum Gasteiger partial charge on any atom is 0.333 e. The van der Waals surface area contributed by atoms with Crippen LogP contribution in [0.25, 0.3) is 0 Å². The zero-order chi connectivity index (χ0) is 11.4. The number of nitrogens with two attached hydrogens (primary N) is 1. The maximum atomic E-state index is 12.2. The maximum absolute atomic E-state index is 12.2. The van der Waals surface area contributed by atoms with Crippen LogP contribution < -0.4 is 5.73 Å². The van der Waals surface area contributed by atoms with Gasteiger partial charge in [0.1, 0.15) is 0 Å². The first-order chi connectivity index (χ1) is 7.04. The molecule has 0 bridgehead atoms. The molecule has 0 aliphatic rings. The summed E-state index contributed by atoms with van der Waals surface area (Å²) in [5.41, 5.74) is 6.12. The number of rotatable bonds is 5. The molecule has 0 aliphatic carbocycles. The molecular weight excluding hydrogens is 238 g/mol. The third kappa shape index (κ3) is 4.03. The van der Waals surface area contributed by atoms with E-state index >= 15 is 0 Å². The van der Waals surface area contributed by atoms with E-state index in [-0.39, 0.29) is 18.4 Å². The van der Waals surface area contributed by atoms with E-state index in [1.165, 1.54) is 6.20 Å². The van der Waals surface area contributed by atoms with Gasteiger partial charge >= 0.3 is 6.55 Å². The number of nitrogens with zero attached hydrogens (tertiary/aromatic N) is 3. The molecule has 2 N–H and O–H groups in total. The number of halogens is 3. The van der Waals surface area contributed by atoms with Gasteiger partial charge in [-0.3, -0.25) is 4.90 Å². The van der Waals surface area contributed by atoms with Crippen LogP contribution in [-0.4, -0.2) is 34.3 Å². The van der Waals surface area contributed by atoms with Gasteiger partial charge in [-0.2, -0.15) is 13.9 Å². The van der Waals surface area contributed by atoms with Crippen molar-refractivity contribution in [3.8, 4) is 0 Å². The molecule has 1 aromatic heterocycles. The van der Waals surface area contributed by atoms with Crippen LogP contribution >= 0.6 is 12.4 Å². The van der Waals surface area contributed by atoms with Crippen LogP contribution in [0.2, 0.25) is 0 Å². The summed E-state index contributed by atoms with van der Waals surface area (Å²) in [6.07, 6.45) is 1.28. The first-order valence-electron chi connectivity index (χ1n) is 4.77. The normalized spacial score (nSPS) is 12.9. The molecule has 1 rings (SSSR count). The molecule has 0 radical (unpaired) electrons. The van der Waals surface area contributed by atoms with Crippen molar-refractivity contribution in [3.63, 3.8) is 0 Å². The highest BCUT2D eigenvalue weighted by Gasteiger charge is 2.11. The zero-order valence-corrected chi connectivity index (χ0v) is 10.1. The summed E-state index contributed by atoms with van der Waals surface area (Å²) >= 11 is 0. The van der Waals surface area contributed by atoms with Crippen LogP contribution in [0.15, 0.2) is 12.3 Å². The Morgan fingerprint density at radius 2 is 2.19 bits per heavy atom. The van der Waals surface area contributed by atoms with E-state index in [0.717, 1.165) is 0 Å². The van der Waals surface area contributed by atoms with E-state index in [4.69, 9.17) is 5.73 Å². The van der Waals surface area contributed by atoms with Gasteiger partial charge in [0.05, 0.1) is 5.69 Å². The Bertz CT molecular complexity index is 305. The fraction of sp³-hybridized carbons (Fsp3) is 0.667. The summed E-state index contributed by atoms with van der Waals surface area (Å²) in [6, 6.07) is 1.80. The number of hydrogen-bond donors (Lipinski definition) is 1. The third-order valence-electron chi connectivity index (χ3n) is 2.37. The van der Waals surface area contributed by atoms with E-state index in [1.54, 1.807) is 6.07 Å². The summed E-state index contributed by atoms with van der Waals surface area (Å²) in [5, 5.41) is 3.75. The van der Waals surface area contributed by atoms with E-state index in [1.807, 2.05) is 18.9 Å². The van der Waals surface area contributed by atoms with Gasteiger partial charge in [-0.05, 0) is 20.0 Å². The van der Waals surface area contributed by atoms with Crippen LogP contribution in [0.1, 0.15) is 19.2 Å². The van der Waals surface area contributed by atoms with Crippen molar-refractivity contribution >= 4 is 12.4 Å². The van der Waals surface area contributed by atoms with Crippen molar-refractivity contribution in [1.29, 1.82) is 0 Å². The summed E-state index contributed by atoms with van der Waals surface area (Å²) in [5.74, 6) is 0. The molecule has 1 heterocycles. The molecule has 1 atom stereocenters. The fourth-order valence-corrected chi connectivity index (χ4v) is 1.16. The molecule has 0 aliphatic heterocycles. The number of alkyl halides is 2. The topological polar surface area (TPSA) is 47.1 Å². The molecule has 0 saturated carbocycles. The van der Waals surface area contributed by atoms with Crippen LogP contribution in [0.5, 0.6) is 0 Å². The van der Waals surface area contributed by atoms with E-state index < -0.39 is 6.55 Å². The smallest absolute Gasteiger partial charge is 0.329 e. The van der Waals surface area contributed by atoms with Crippen molar-refractivity contribution in [1.82, 2.24) is 14.7 Å². The Morgan fingerprint density at radius 3 is 2.62 bits per heavy atom. The summed E-state index contributed by atoms with van der Waals surface area (Å²) in [6.45, 7) is 0.463. The highest BCUT2D eigenvalue weighted by Crippen LogP contribution is 2.10. The lowest BCUT2D eigenvalue weighted by molar-refractivity contribution is 0.0558. The Balaban J connectivity index is 0.00000225. The van der Waals surface area contributed by atoms with Crippen LogP contribution in [-0.2, 0) is 6.54 Å². The predicted octanol–water partition coefficient (Wildman–Crippen LogP) is 1.48. The van der Waals surface area contributed by atoms with Gasteiger partial charge in [-0.15, -0.1) is 12.4 Å². The Hall–Kier alpha value is -0.720. The second-order valence-electron chi connectivity index (χ2n) is 3.56. The van der Waals surface area contributed by atoms with E-state index in [0.29, 0.717) is 23.5 Å². The van der Waals surface area contributed by atoms with Gasteiger partial charge in [-0.25, -0.2) is 4.68 Å². The quantitative estimate of drug-likeness (QED) is 0.866. The SMILES string of the molecule is CC(CN)N(C)Cc1ccn(C(F)F)n1.Cl. The Morgan fingerprint density at radius 1 is 1.56 bits per heavy atom. The molecule has 1 aromatic rings. The van der Waals surface area contributed by atoms with Gasteiger partial charge in [0.25, 0.3) is 0 Å². The van der Waals surface area contributed by atoms with Crippen molar-refractivity contribution in [3.05, 3.63) is 18.0 Å². The van der Waals surface area contributed by atoms with Gasteiger partial charge in [0.15, 0.2) is 0 Å². The molecule has 4 nitrogen and oxygen atoms in total. The molecule has 0 saturated heterocycles. The molecule has 1 unspecified atom stereocenters. The lowest BCUT2D eigenvalue weighted by Crippen LogP contribution is -2.34. The molecular formula is C9H17ClF2N4. The van der Waals surface area contributed by atoms with Gasteiger partial charge in [0.2, 0.25) is 0 Å². The average molecular weight is 255 g/mol. The highest BCUT2D eigenvalue weighted by molar-refractivity contribution is 5.85. The van der Waals surface area contributed by atoms with Gasteiger partial charge < -0.3 is 5.73 Å².